The molecule has 1 aromatic rings. The lowest BCUT2D eigenvalue weighted by Gasteiger charge is -2.47. The fourth-order valence-corrected chi connectivity index (χ4v) is 11.5. The van der Waals surface area contributed by atoms with E-state index in [1.807, 2.05) is 5.32 Å². The Morgan fingerprint density at radius 3 is 1.93 bits per heavy atom. The molecule has 3 fully saturated rings. The molecule has 0 bridgehead atoms. The molecule has 4 rings (SSSR count). The number of amides is 6. The van der Waals surface area contributed by atoms with E-state index in [0.717, 1.165) is 52.9 Å². The van der Waals surface area contributed by atoms with Gasteiger partial charge in [-0.1, -0.05) is 90.0 Å². The quantitative estimate of drug-likeness (QED) is 0.0142. The Balaban J connectivity index is 1.79. The largest absolute Gasteiger partial charge is 0.504 e. The van der Waals surface area contributed by atoms with Crippen LogP contribution in [0.5, 0.6) is 11.5 Å². The standard InChI is InChI=1S/C51H82N8O21S/c1-5-6-7-8-9-10-11-12-13-14-15-16-17-18-38(66)55-32(23-35(64)44(54)70)45(71)56-41(28(3)61)46(72)58-26-31(62)22-33(58)42(68)51(76)49(43(69)40(53)27(2)60)47(73)57-48(74,24-37(52)65)25-39(67)59(49)29(4)50(51,75)30-19-20-34(63)36(21-30)80-81(77,78)79/h19-21,27-29,31-33,35,40-41,44,60-64,70,74-76H,5-18,22-26,53-54H2,1-4H3,(H2,52,65)(H,55,66)(H,56,71)(H,57,73)(H,77,78,79)/t27-,28-,29?,31?,32+,33+,35?,40+,41+,44?,48?,49-,50?,51?/m1/s1. The number of aliphatic hydroxyl groups excluding tert-OH is 5. The van der Waals surface area contributed by atoms with Crippen molar-refractivity contribution in [2.45, 2.75) is 227 Å². The number of primary amides is 1. The number of hydrogen-bond acceptors (Lipinski definition) is 22. The van der Waals surface area contributed by atoms with Crippen LogP contribution >= 0.6 is 0 Å². The fourth-order valence-electron chi connectivity index (χ4n) is 11.2. The van der Waals surface area contributed by atoms with Crippen LogP contribution in [0, 0.1) is 0 Å². The van der Waals surface area contributed by atoms with Crippen molar-refractivity contribution in [1.29, 1.82) is 0 Å². The number of fused-ring (bicyclic) bond motifs is 1. The first-order valence-corrected chi connectivity index (χ1v) is 28.5. The second-order valence-electron chi connectivity index (χ2n) is 21.7. The molecule has 3 aliphatic rings. The molecule has 0 saturated carbocycles. The fraction of sp³-hybridized carbons (Fsp3) is 0.725. The molecule has 0 aliphatic carbocycles. The average molecular weight is 1180 g/mol. The van der Waals surface area contributed by atoms with E-state index in [0.29, 0.717) is 35.9 Å². The number of aliphatic hydroxyl groups is 8. The van der Waals surface area contributed by atoms with Gasteiger partial charge >= 0.3 is 10.4 Å². The molecule has 0 spiro atoms. The number of hydrogen-bond donors (Lipinski definition) is 16. The van der Waals surface area contributed by atoms with Crippen molar-refractivity contribution >= 4 is 57.4 Å². The van der Waals surface area contributed by atoms with E-state index in [1.54, 1.807) is 0 Å². The van der Waals surface area contributed by atoms with E-state index < -0.39 is 190 Å². The molecule has 3 aliphatic heterocycles. The Morgan fingerprint density at radius 2 is 1.42 bits per heavy atom. The molecule has 19 N–H and O–H groups in total. The van der Waals surface area contributed by atoms with Crippen LogP contribution < -0.4 is 37.3 Å². The summed E-state index contributed by atoms with van der Waals surface area (Å²) >= 11 is 0. The number of benzene rings is 1. The minimum atomic E-state index is -5.56. The zero-order chi connectivity index (χ0) is 61.2. The zero-order valence-corrected chi connectivity index (χ0v) is 46.8. The molecule has 6 amide bonds. The molecule has 0 aromatic heterocycles. The number of carbonyl (C=O) groups is 8. The summed E-state index contributed by atoms with van der Waals surface area (Å²) in [5, 5.41) is 109. The molecule has 29 nitrogen and oxygen atoms in total. The van der Waals surface area contributed by atoms with Crippen LogP contribution in [0.25, 0.3) is 0 Å². The molecule has 0 radical (unpaired) electrons. The predicted octanol–water partition coefficient (Wildman–Crippen LogP) is -3.79. The number of phenols is 1. The zero-order valence-electron chi connectivity index (χ0n) is 45.9. The summed E-state index contributed by atoms with van der Waals surface area (Å²) in [6, 6.07) is -9.60. The number of nitrogens with one attached hydrogen (secondary N) is 3. The number of aromatic hydroxyl groups is 1. The summed E-state index contributed by atoms with van der Waals surface area (Å²) < 4.78 is 37.8. The molecule has 458 valence electrons. The van der Waals surface area contributed by atoms with Gasteiger partial charge in [0.15, 0.2) is 34.4 Å². The molecule has 14 atom stereocenters. The van der Waals surface area contributed by atoms with Crippen LogP contribution in [-0.2, 0) is 54.4 Å². The van der Waals surface area contributed by atoms with Crippen molar-refractivity contribution in [2.75, 3.05) is 6.54 Å². The summed E-state index contributed by atoms with van der Waals surface area (Å²) in [6.07, 6.45) is -0.809. The first-order chi connectivity index (χ1) is 37.7. The highest BCUT2D eigenvalue weighted by Gasteiger charge is 2.86. The third-order valence-electron chi connectivity index (χ3n) is 15.4. The van der Waals surface area contributed by atoms with Crippen molar-refractivity contribution in [2.24, 2.45) is 17.2 Å². The second kappa shape index (κ2) is 28.2. The van der Waals surface area contributed by atoms with Crippen molar-refractivity contribution in [3.05, 3.63) is 23.8 Å². The Morgan fingerprint density at radius 1 is 0.864 bits per heavy atom. The number of nitrogens with two attached hydrogens (primary N) is 3. The predicted molar refractivity (Wildman–Crippen MR) is 282 cm³/mol. The number of rotatable bonds is 32. The maximum absolute atomic E-state index is 16.0. The Labute approximate surface area is 468 Å². The lowest BCUT2D eigenvalue weighted by atomic mass is 9.61. The van der Waals surface area contributed by atoms with Gasteiger partial charge in [0.1, 0.15) is 23.9 Å². The number of nitrogens with zero attached hydrogens (tertiary/aromatic N) is 2. The number of likely N-dealkylation sites (tertiary alicyclic amines) is 1. The Kier molecular flexibility index (Phi) is 23.7. The minimum absolute atomic E-state index is 0.0957. The summed E-state index contributed by atoms with van der Waals surface area (Å²) in [5.41, 5.74) is 0.673. The highest BCUT2D eigenvalue weighted by atomic mass is 32.3. The van der Waals surface area contributed by atoms with E-state index in [2.05, 4.69) is 21.7 Å². The maximum atomic E-state index is 16.0. The lowest BCUT2D eigenvalue weighted by molar-refractivity contribution is -0.195. The van der Waals surface area contributed by atoms with Gasteiger partial charge in [-0.25, -0.2) is 0 Å². The van der Waals surface area contributed by atoms with Crippen molar-refractivity contribution < 1.29 is 101 Å². The number of unbranched alkanes of at least 4 members (excludes halogenated alkanes) is 12. The van der Waals surface area contributed by atoms with Crippen LogP contribution in [-0.4, -0.2) is 200 Å². The highest BCUT2D eigenvalue weighted by molar-refractivity contribution is 7.81. The van der Waals surface area contributed by atoms with Gasteiger partial charge in [0.2, 0.25) is 35.1 Å². The lowest BCUT2D eigenvalue weighted by Crippen LogP contribution is -2.80. The smallest absolute Gasteiger partial charge is 0.446 e. The molecule has 30 heteroatoms. The number of β-amino-alcohol motifs (C(OH)–C–C–N with tert-alkyl or cyclic N) is 1. The van der Waals surface area contributed by atoms with Crippen molar-refractivity contribution in [3.63, 3.8) is 0 Å². The number of phenolic OH excluding ortho intramolecular Hbond substituents is 1. The monoisotopic (exact) mass is 1170 g/mol. The van der Waals surface area contributed by atoms with Crippen LogP contribution in [0.15, 0.2) is 18.2 Å². The molecule has 81 heavy (non-hydrogen) atoms. The minimum Gasteiger partial charge on any atom is -0.504 e. The van der Waals surface area contributed by atoms with Crippen LogP contribution in [0.3, 0.4) is 0 Å². The first kappa shape index (κ1) is 68.0. The van der Waals surface area contributed by atoms with Gasteiger partial charge in [-0.3, -0.25) is 42.9 Å². The number of ketones is 2. The van der Waals surface area contributed by atoms with Crippen LogP contribution in [0.2, 0.25) is 0 Å². The summed E-state index contributed by atoms with van der Waals surface area (Å²) in [6.45, 7) is 3.92. The van der Waals surface area contributed by atoms with E-state index in [-0.39, 0.29) is 11.3 Å². The first-order valence-electron chi connectivity index (χ1n) is 27.2. The molecule has 7 unspecified atom stereocenters. The van der Waals surface area contributed by atoms with E-state index in [1.165, 1.54) is 38.5 Å². The van der Waals surface area contributed by atoms with Gasteiger partial charge < -0.3 is 93.1 Å². The topological polar surface area (TPSA) is 503 Å². The van der Waals surface area contributed by atoms with Gasteiger partial charge in [-0.15, -0.1) is 0 Å². The van der Waals surface area contributed by atoms with E-state index >= 15 is 14.4 Å². The number of carbonyl (C=O) groups excluding carboxylic acids is 8. The SMILES string of the molecule is CCCCCCCCCCCCCCCC(=O)N[C@@H](CC(O)C(N)O)C(=O)N[C@H](C(=O)N1CC(O)C[C@H]1C(=O)C1(O)C(O)(c2ccc(O)c(OS(=O)(=O)O)c2)C(C)N2C(=O)CC(O)(CC(N)=O)NC(=O)[C@@]21C(=O)[C@@H](N)[C@@H](C)O)[C@@H](C)O. The summed E-state index contributed by atoms with van der Waals surface area (Å²) in [5.74, 6) is -14.9. The molecular weight excluding hydrogens is 1090 g/mol. The van der Waals surface area contributed by atoms with Crippen LogP contribution in [0.4, 0.5) is 0 Å². The van der Waals surface area contributed by atoms with E-state index in [9.17, 15) is 82.9 Å². The molecular formula is C51H82N8O21S. The van der Waals surface area contributed by atoms with Gasteiger partial charge in [0, 0.05) is 25.8 Å². The second-order valence-corrected chi connectivity index (χ2v) is 22.7. The Bertz CT molecular complexity index is 2560. The van der Waals surface area contributed by atoms with Crippen molar-refractivity contribution in [1.82, 2.24) is 25.8 Å². The Hall–Kier alpha value is -5.51. The maximum Gasteiger partial charge on any atom is 0.446 e. The van der Waals surface area contributed by atoms with Gasteiger partial charge in [-0.05, 0) is 44.9 Å². The average Bonchev–Trinajstić information content (AvgIpc) is 1.86. The summed E-state index contributed by atoms with van der Waals surface area (Å²) in [7, 11) is -5.56. The van der Waals surface area contributed by atoms with Gasteiger partial charge in [0.25, 0.3) is 5.91 Å². The third kappa shape index (κ3) is 15.2. The highest BCUT2D eigenvalue weighted by Crippen LogP contribution is 2.58. The molecule has 3 saturated heterocycles. The van der Waals surface area contributed by atoms with E-state index in [4.69, 9.17) is 17.2 Å². The third-order valence-corrected chi connectivity index (χ3v) is 15.7. The van der Waals surface area contributed by atoms with Crippen molar-refractivity contribution in [3.8, 4) is 11.5 Å². The van der Waals surface area contributed by atoms with Gasteiger partial charge in [-0.2, -0.15) is 8.42 Å². The normalized spacial score (nSPS) is 27.4. The summed E-state index contributed by atoms with van der Waals surface area (Å²) in [4.78, 5) is 116. The molecule has 1 aromatic carbocycles. The molecule has 3 heterocycles. The van der Waals surface area contributed by atoms with Gasteiger partial charge in [0.05, 0.1) is 55.4 Å². The van der Waals surface area contributed by atoms with Crippen LogP contribution in [0.1, 0.15) is 149 Å². The number of Topliss-reactive ketones (excluding diaryl/α,β-unsaturated/α-hetero) is 2.